The van der Waals surface area contributed by atoms with Crippen molar-refractivity contribution >= 4 is 5.78 Å². The van der Waals surface area contributed by atoms with Crippen LogP contribution in [0.2, 0.25) is 0 Å². The van der Waals surface area contributed by atoms with Crippen molar-refractivity contribution in [1.29, 1.82) is 0 Å². The van der Waals surface area contributed by atoms with Crippen molar-refractivity contribution in [2.45, 2.75) is 38.8 Å². The number of fused-ring (bicyclic) bond motifs is 1. The van der Waals surface area contributed by atoms with Gasteiger partial charge in [-0.2, -0.15) is 0 Å². The molecule has 0 aromatic heterocycles. The number of Topliss-reactive ketones (excluding diaryl/α,β-unsaturated/α-hetero) is 1. The summed E-state index contributed by atoms with van der Waals surface area (Å²) in [5.41, 5.74) is 2.63. The predicted molar refractivity (Wildman–Crippen MR) is 58.1 cm³/mol. The average molecular weight is 206 g/mol. The van der Waals surface area contributed by atoms with Crippen LogP contribution in [0, 0.1) is 0 Å². The molecule has 0 bridgehead atoms. The highest BCUT2D eigenvalue weighted by atomic mass is 19.1. The van der Waals surface area contributed by atoms with E-state index in [1.54, 1.807) is 6.07 Å². The van der Waals surface area contributed by atoms with Gasteiger partial charge >= 0.3 is 0 Å². The number of carbonyl (C=O) groups excluding carboxylic acids is 1. The van der Waals surface area contributed by atoms with Crippen LogP contribution < -0.4 is 0 Å². The van der Waals surface area contributed by atoms with Crippen LogP contribution in [0.4, 0.5) is 4.39 Å². The zero-order valence-electron chi connectivity index (χ0n) is 9.30. The van der Waals surface area contributed by atoms with Crippen molar-refractivity contribution in [1.82, 2.24) is 0 Å². The summed E-state index contributed by atoms with van der Waals surface area (Å²) in [5, 5.41) is 0. The third-order valence-corrected chi connectivity index (χ3v) is 2.92. The van der Waals surface area contributed by atoms with Gasteiger partial charge in [0, 0.05) is 12.0 Å². The van der Waals surface area contributed by atoms with Gasteiger partial charge in [-0.05, 0) is 16.5 Å². The zero-order chi connectivity index (χ0) is 11.2. The summed E-state index contributed by atoms with van der Waals surface area (Å²) in [6.07, 6.45) is -1.08. The van der Waals surface area contributed by atoms with Crippen LogP contribution in [0.25, 0.3) is 0 Å². The normalized spacial score (nSPS) is 20.5. The van der Waals surface area contributed by atoms with E-state index in [4.69, 9.17) is 0 Å². The molecule has 2 heteroatoms. The fourth-order valence-corrected chi connectivity index (χ4v) is 1.92. The molecule has 2 rings (SSSR count). The highest BCUT2D eigenvalue weighted by Crippen LogP contribution is 2.30. The van der Waals surface area contributed by atoms with Crippen LogP contribution in [0.5, 0.6) is 0 Å². The molecule has 0 amide bonds. The van der Waals surface area contributed by atoms with Gasteiger partial charge in [0.05, 0.1) is 0 Å². The second-order valence-corrected chi connectivity index (χ2v) is 5.16. The molecule has 1 unspecified atom stereocenters. The van der Waals surface area contributed by atoms with E-state index >= 15 is 0 Å². The van der Waals surface area contributed by atoms with E-state index in [9.17, 15) is 9.18 Å². The van der Waals surface area contributed by atoms with E-state index in [2.05, 4.69) is 20.8 Å². The van der Waals surface area contributed by atoms with E-state index in [1.807, 2.05) is 12.1 Å². The van der Waals surface area contributed by atoms with Crippen molar-refractivity contribution in [3.05, 3.63) is 34.9 Å². The van der Waals surface area contributed by atoms with Gasteiger partial charge in [0.2, 0.25) is 0 Å². The monoisotopic (exact) mass is 206 g/mol. The van der Waals surface area contributed by atoms with E-state index < -0.39 is 6.17 Å². The van der Waals surface area contributed by atoms with Gasteiger partial charge in [0.1, 0.15) is 0 Å². The van der Waals surface area contributed by atoms with Gasteiger partial charge in [-0.25, -0.2) is 4.39 Å². The Morgan fingerprint density at radius 2 is 2.00 bits per heavy atom. The van der Waals surface area contributed by atoms with Gasteiger partial charge in [0.15, 0.2) is 12.0 Å². The van der Waals surface area contributed by atoms with Crippen molar-refractivity contribution < 1.29 is 9.18 Å². The van der Waals surface area contributed by atoms with Gasteiger partial charge in [-0.1, -0.05) is 39.0 Å². The number of halogens is 1. The SMILES string of the molecule is CC(C)(C)c1ccc2c(c1)CC(F)C2=O. The van der Waals surface area contributed by atoms with Crippen LogP contribution in [0.1, 0.15) is 42.3 Å². The lowest BCUT2D eigenvalue weighted by atomic mass is 9.85. The molecule has 1 nitrogen and oxygen atoms in total. The first-order valence-corrected chi connectivity index (χ1v) is 5.21. The molecule has 0 aliphatic heterocycles. The molecule has 1 aromatic carbocycles. The number of alkyl halides is 1. The summed E-state index contributed by atoms with van der Waals surface area (Å²) < 4.78 is 13.2. The maximum atomic E-state index is 13.2. The minimum absolute atomic E-state index is 0.0481. The molecule has 0 spiro atoms. The molecule has 80 valence electrons. The largest absolute Gasteiger partial charge is 0.291 e. The second kappa shape index (κ2) is 3.16. The molecule has 1 aliphatic rings. The molecule has 1 aromatic rings. The van der Waals surface area contributed by atoms with Crippen molar-refractivity contribution in [2.24, 2.45) is 0 Å². The van der Waals surface area contributed by atoms with Crippen LogP contribution in [-0.2, 0) is 11.8 Å². The molecule has 15 heavy (non-hydrogen) atoms. The lowest BCUT2D eigenvalue weighted by Gasteiger charge is -2.19. The third-order valence-electron chi connectivity index (χ3n) is 2.92. The molecule has 0 saturated carbocycles. The Hall–Kier alpha value is -1.18. The topological polar surface area (TPSA) is 17.1 Å². The first kappa shape index (κ1) is 10.3. The number of ketones is 1. The van der Waals surface area contributed by atoms with Crippen LogP contribution in [-0.4, -0.2) is 12.0 Å². The molecular formula is C13H15FO. The Bertz CT molecular complexity index is 415. The lowest BCUT2D eigenvalue weighted by molar-refractivity contribution is 0.0899. The van der Waals surface area contributed by atoms with E-state index in [0.717, 1.165) is 11.1 Å². The number of hydrogen-bond acceptors (Lipinski definition) is 1. The fourth-order valence-electron chi connectivity index (χ4n) is 1.92. The number of benzene rings is 1. The average Bonchev–Trinajstić information content (AvgIpc) is 2.41. The van der Waals surface area contributed by atoms with E-state index in [-0.39, 0.29) is 17.6 Å². The Kier molecular flexibility index (Phi) is 2.18. The van der Waals surface area contributed by atoms with Gasteiger partial charge in [-0.15, -0.1) is 0 Å². The number of rotatable bonds is 0. The Morgan fingerprint density at radius 1 is 1.33 bits per heavy atom. The lowest BCUT2D eigenvalue weighted by Crippen LogP contribution is -2.11. The summed E-state index contributed by atoms with van der Waals surface area (Å²) in [6, 6.07) is 5.65. The standard InChI is InChI=1S/C13H15FO/c1-13(2,3)9-4-5-10-8(6-9)7-11(14)12(10)15/h4-6,11H,7H2,1-3H3. The first-order chi connectivity index (χ1) is 6.89. The van der Waals surface area contributed by atoms with E-state index in [1.165, 1.54) is 0 Å². The Morgan fingerprint density at radius 3 is 2.60 bits per heavy atom. The van der Waals surface area contributed by atoms with Crippen LogP contribution in [0.3, 0.4) is 0 Å². The maximum Gasteiger partial charge on any atom is 0.197 e. The van der Waals surface area contributed by atoms with Gasteiger partial charge < -0.3 is 0 Å². The molecule has 0 heterocycles. The van der Waals surface area contributed by atoms with Gasteiger partial charge in [-0.3, -0.25) is 4.79 Å². The first-order valence-electron chi connectivity index (χ1n) is 5.21. The third kappa shape index (κ3) is 1.69. The summed E-state index contributed by atoms with van der Waals surface area (Å²) in [7, 11) is 0. The molecule has 1 atom stereocenters. The van der Waals surface area contributed by atoms with Crippen molar-refractivity contribution in [2.75, 3.05) is 0 Å². The Balaban J connectivity index is 2.47. The summed E-state index contributed by atoms with van der Waals surface area (Å²) in [5.74, 6) is -0.356. The summed E-state index contributed by atoms with van der Waals surface area (Å²) in [4.78, 5) is 11.4. The molecule has 0 fully saturated rings. The molecular weight excluding hydrogens is 191 g/mol. The summed E-state index contributed by atoms with van der Waals surface area (Å²) >= 11 is 0. The highest BCUT2D eigenvalue weighted by molar-refractivity contribution is 6.03. The Labute approximate surface area is 89.3 Å². The van der Waals surface area contributed by atoms with Crippen LogP contribution in [0.15, 0.2) is 18.2 Å². The molecule has 0 saturated heterocycles. The second-order valence-electron chi connectivity index (χ2n) is 5.16. The quantitative estimate of drug-likeness (QED) is 0.637. The van der Waals surface area contributed by atoms with Crippen molar-refractivity contribution in [3.63, 3.8) is 0 Å². The fraction of sp³-hybridized carbons (Fsp3) is 0.462. The van der Waals surface area contributed by atoms with E-state index in [0.29, 0.717) is 5.56 Å². The van der Waals surface area contributed by atoms with Crippen molar-refractivity contribution in [3.8, 4) is 0 Å². The zero-order valence-corrected chi connectivity index (χ0v) is 9.30. The molecule has 1 aliphatic carbocycles. The summed E-state index contributed by atoms with van der Waals surface area (Å²) in [6.45, 7) is 6.33. The molecule has 0 N–H and O–H groups in total. The number of carbonyl (C=O) groups is 1. The predicted octanol–water partition coefficient (Wildman–Crippen LogP) is 3.06. The minimum atomic E-state index is -1.32. The number of hydrogen-bond donors (Lipinski definition) is 0. The highest BCUT2D eigenvalue weighted by Gasteiger charge is 2.31. The van der Waals surface area contributed by atoms with Gasteiger partial charge in [0.25, 0.3) is 0 Å². The minimum Gasteiger partial charge on any atom is -0.291 e. The van der Waals surface area contributed by atoms with Crippen LogP contribution >= 0.6 is 0 Å². The molecule has 0 radical (unpaired) electrons. The smallest absolute Gasteiger partial charge is 0.197 e. The maximum absolute atomic E-state index is 13.2.